The first kappa shape index (κ1) is 9.46. The van der Waals surface area contributed by atoms with Crippen LogP contribution in [-0.2, 0) is 19.4 Å². The minimum absolute atomic E-state index is 0.0136. The zero-order valence-corrected chi connectivity index (χ0v) is 8.47. The molecule has 76 valence electrons. The highest BCUT2D eigenvalue weighted by Crippen LogP contribution is 2.22. The highest BCUT2D eigenvalue weighted by molar-refractivity contribution is 5.27. The van der Waals surface area contributed by atoms with E-state index in [1.54, 1.807) is 0 Å². The van der Waals surface area contributed by atoms with Gasteiger partial charge in [0.1, 0.15) is 0 Å². The highest BCUT2D eigenvalue weighted by Gasteiger charge is 2.16. The van der Waals surface area contributed by atoms with E-state index in [1.165, 1.54) is 12.0 Å². The summed E-state index contributed by atoms with van der Waals surface area (Å²) in [4.78, 5) is 14.4. The van der Waals surface area contributed by atoms with E-state index in [0.29, 0.717) is 18.0 Å². The average Bonchev–Trinajstić information content (AvgIpc) is 2.16. The number of rotatable bonds is 1. The van der Waals surface area contributed by atoms with Crippen LogP contribution in [0.3, 0.4) is 0 Å². The van der Waals surface area contributed by atoms with Gasteiger partial charge in [0, 0.05) is 17.8 Å². The summed E-state index contributed by atoms with van der Waals surface area (Å²) < 4.78 is 0. The van der Waals surface area contributed by atoms with E-state index in [2.05, 4.69) is 11.9 Å². The van der Waals surface area contributed by atoms with Gasteiger partial charge in [-0.15, -0.1) is 0 Å². The van der Waals surface area contributed by atoms with Gasteiger partial charge in [0.05, 0.1) is 0 Å². The van der Waals surface area contributed by atoms with Crippen LogP contribution in [-0.4, -0.2) is 4.98 Å². The second-order valence-electron chi connectivity index (χ2n) is 4.18. The lowest BCUT2D eigenvalue weighted by Gasteiger charge is -2.21. The maximum atomic E-state index is 11.5. The molecule has 1 heterocycles. The summed E-state index contributed by atoms with van der Waals surface area (Å²) in [6, 6.07) is 1.97. The molecule has 1 aromatic rings. The second kappa shape index (κ2) is 3.58. The summed E-state index contributed by atoms with van der Waals surface area (Å²) in [5, 5.41) is 0. The third-order valence-corrected chi connectivity index (χ3v) is 2.97. The molecule has 0 saturated heterocycles. The number of nitrogens with one attached hydrogen (secondary N) is 1. The molecule has 0 bridgehead atoms. The zero-order valence-electron chi connectivity index (χ0n) is 8.47. The van der Waals surface area contributed by atoms with Crippen LogP contribution in [0.2, 0.25) is 0 Å². The van der Waals surface area contributed by atoms with Crippen molar-refractivity contribution in [2.45, 2.75) is 32.7 Å². The first-order valence-electron chi connectivity index (χ1n) is 5.14. The third-order valence-electron chi connectivity index (χ3n) is 2.97. The fourth-order valence-corrected chi connectivity index (χ4v) is 2.07. The Morgan fingerprint density at radius 1 is 1.64 bits per heavy atom. The molecule has 0 saturated carbocycles. The first-order valence-corrected chi connectivity index (χ1v) is 5.14. The Balaban J connectivity index is 2.46. The molecule has 0 aliphatic heterocycles. The Morgan fingerprint density at radius 3 is 3.14 bits per heavy atom. The van der Waals surface area contributed by atoms with Crippen molar-refractivity contribution in [3.63, 3.8) is 0 Å². The number of nitrogens with two attached hydrogens (primary N) is 1. The molecule has 0 amide bonds. The molecule has 0 aromatic carbocycles. The monoisotopic (exact) mass is 192 g/mol. The maximum absolute atomic E-state index is 11.5. The number of aryl methyl sites for hydroxylation is 1. The highest BCUT2D eigenvalue weighted by atomic mass is 16.1. The van der Waals surface area contributed by atoms with Crippen molar-refractivity contribution in [2.24, 2.45) is 11.7 Å². The van der Waals surface area contributed by atoms with Crippen LogP contribution in [0.5, 0.6) is 0 Å². The van der Waals surface area contributed by atoms with Gasteiger partial charge in [0.15, 0.2) is 0 Å². The van der Waals surface area contributed by atoms with Crippen LogP contribution in [0.1, 0.15) is 30.2 Å². The van der Waals surface area contributed by atoms with E-state index in [9.17, 15) is 4.79 Å². The van der Waals surface area contributed by atoms with Gasteiger partial charge in [-0.2, -0.15) is 0 Å². The van der Waals surface area contributed by atoms with Crippen LogP contribution < -0.4 is 11.3 Å². The fourth-order valence-electron chi connectivity index (χ4n) is 2.07. The van der Waals surface area contributed by atoms with Gasteiger partial charge in [-0.3, -0.25) is 4.79 Å². The summed E-state index contributed by atoms with van der Waals surface area (Å²) in [5.74, 6) is 0.682. The maximum Gasteiger partial charge on any atom is 0.252 e. The van der Waals surface area contributed by atoms with Gasteiger partial charge < -0.3 is 10.7 Å². The quantitative estimate of drug-likeness (QED) is 0.696. The smallest absolute Gasteiger partial charge is 0.252 e. The number of H-pyrrole nitrogens is 1. The van der Waals surface area contributed by atoms with Crippen molar-refractivity contribution in [2.75, 3.05) is 0 Å². The van der Waals surface area contributed by atoms with E-state index in [4.69, 9.17) is 5.73 Å². The molecule has 3 nitrogen and oxygen atoms in total. The van der Waals surface area contributed by atoms with Gasteiger partial charge in [0.2, 0.25) is 0 Å². The van der Waals surface area contributed by atoms with Gasteiger partial charge in [0.25, 0.3) is 5.56 Å². The SMILES string of the molecule is CC1CCc2cc(CN)c(=O)[nH]c2C1. The predicted octanol–water partition coefficient (Wildman–Crippen LogP) is 0.958. The van der Waals surface area contributed by atoms with Crippen molar-refractivity contribution < 1.29 is 0 Å². The lowest BCUT2D eigenvalue weighted by molar-refractivity contribution is 0.490. The average molecular weight is 192 g/mol. The Labute approximate surface area is 83.3 Å². The van der Waals surface area contributed by atoms with Crippen LogP contribution in [0.25, 0.3) is 0 Å². The van der Waals surface area contributed by atoms with E-state index in [1.807, 2.05) is 6.07 Å². The number of aromatic amines is 1. The Kier molecular flexibility index (Phi) is 2.42. The molecule has 14 heavy (non-hydrogen) atoms. The van der Waals surface area contributed by atoms with E-state index in [-0.39, 0.29) is 5.56 Å². The molecule has 1 atom stereocenters. The fraction of sp³-hybridized carbons (Fsp3) is 0.545. The largest absolute Gasteiger partial charge is 0.326 e. The lowest BCUT2D eigenvalue weighted by atomic mass is 9.88. The normalized spacial score (nSPS) is 20.6. The molecule has 1 unspecified atom stereocenters. The number of hydrogen-bond donors (Lipinski definition) is 2. The first-order chi connectivity index (χ1) is 6.70. The topological polar surface area (TPSA) is 58.9 Å². The van der Waals surface area contributed by atoms with Crippen LogP contribution >= 0.6 is 0 Å². The summed E-state index contributed by atoms with van der Waals surface area (Å²) in [7, 11) is 0. The second-order valence-corrected chi connectivity index (χ2v) is 4.18. The van der Waals surface area contributed by atoms with Crippen molar-refractivity contribution in [1.82, 2.24) is 4.98 Å². The van der Waals surface area contributed by atoms with Crippen LogP contribution in [0.4, 0.5) is 0 Å². The number of pyridine rings is 1. The number of hydrogen-bond acceptors (Lipinski definition) is 2. The standard InChI is InChI=1S/C11H16N2O/c1-7-2-3-8-5-9(6-12)11(14)13-10(8)4-7/h5,7H,2-4,6,12H2,1H3,(H,13,14). The van der Waals surface area contributed by atoms with E-state index >= 15 is 0 Å². The van der Waals surface area contributed by atoms with E-state index in [0.717, 1.165) is 18.5 Å². The van der Waals surface area contributed by atoms with Gasteiger partial charge in [-0.05, 0) is 36.8 Å². The molecule has 0 fully saturated rings. The lowest BCUT2D eigenvalue weighted by Crippen LogP contribution is -2.23. The van der Waals surface area contributed by atoms with Gasteiger partial charge in [-0.25, -0.2) is 0 Å². The van der Waals surface area contributed by atoms with Crippen molar-refractivity contribution in [3.8, 4) is 0 Å². The molecule has 2 rings (SSSR count). The summed E-state index contributed by atoms with van der Waals surface area (Å²) >= 11 is 0. The zero-order chi connectivity index (χ0) is 10.1. The van der Waals surface area contributed by atoms with Gasteiger partial charge >= 0.3 is 0 Å². The molecule has 1 aliphatic carbocycles. The number of fused-ring (bicyclic) bond motifs is 1. The summed E-state index contributed by atoms with van der Waals surface area (Å²) in [6.07, 6.45) is 3.28. The Hall–Kier alpha value is -1.09. The molecule has 1 aromatic heterocycles. The molecule has 0 spiro atoms. The molecule has 1 aliphatic rings. The van der Waals surface area contributed by atoms with Gasteiger partial charge in [-0.1, -0.05) is 6.92 Å². The number of aromatic nitrogens is 1. The third kappa shape index (κ3) is 1.60. The molecule has 3 N–H and O–H groups in total. The van der Waals surface area contributed by atoms with E-state index < -0.39 is 0 Å². The van der Waals surface area contributed by atoms with Crippen molar-refractivity contribution >= 4 is 0 Å². The summed E-state index contributed by atoms with van der Waals surface area (Å²) in [6.45, 7) is 2.55. The Morgan fingerprint density at radius 2 is 2.43 bits per heavy atom. The van der Waals surface area contributed by atoms with Crippen molar-refractivity contribution in [1.29, 1.82) is 0 Å². The summed E-state index contributed by atoms with van der Waals surface area (Å²) in [5.41, 5.74) is 8.58. The molecular formula is C11H16N2O. The molecule has 3 heteroatoms. The minimum Gasteiger partial charge on any atom is -0.326 e. The van der Waals surface area contributed by atoms with Crippen LogP contribution in [0.15, 0.2) is 10.9 Å². The molecular weight excluding hydrogens is 176 g/mol. The Bertz CT molecular complexity index is 395. The molecule has 0 radical (unpaired) electrons. The van der Waals surface area contributed by atoms with Crippen molar-refractivity contribution in [3.05, 3.63) is 33.2 Å². The predicted molar refractivity (Wildman–Crippen MR) is 56.1 cm³/mol. The minimum atomic E-state index is -0.0136. The van der Waals surface area contributed by atoms with Crippen LogP contribution in [0, 0.1) is 5.92 Å².